The van der Waals surface area contributed by atoms with Crippen LogP contribution in [0.4, 0.5) is 0 Å². The number of aliphatic hydroxyl groups is 1. The Morgan fingerprint density at radius 1 is 1.27 bits per heavy atom. The molecule has 3 rings (SSSR count). The van der Waals surface area contributed by atoms with Gasteiger partial charge in [-0.2, -0.15) is 0 Å². The van der Waals surface area contributed by atoms with Crippen LogP contribution in [0.2, 0.25) is 0 Å². The zero-order valence-corrected chi connectivity index (χ0v) is 14.1. The standard InChI is InChI=1S/C20H28O2/c1-20(2)11-5-7-14-9-10-16(13-18(14)20)19(21)15-6-4-8-17(12-15)22-3/h4,6,8,12,16,19,21H,5,7,9-11,13H2,1-3H3. The van der Waals surface area contributed by atoms with E-state index < -0.39 is 0 Å². The van der Waals surface area contributed by atoms with Gasteiger partial charge in [-0.05, 0) is 67.6 Å². The van der Waals surface area contributed by atoms with Crippen LogP contribution in [-0.4, -0.2) is 12.2 Å². The number of methoxy groups -OCH3 is 1. The van der Waals surface area contributed by atoms with Crippen molar-refractivity contribution >= 4 is 0 Å². The highest BCUT2D eigenvalue weighted by molar-refractivity contribution is 5.32. The molecule has 1 N–H and O–H groups in total. The minimum Gasteiger partial charge on any atom is -0.497 e. The summed E-state index contributed by atoms with van der Waals surface area (Å²) in [6.45, 7) is 4.75. The average Bonchev–Trinajstić information content (AvgIpc) is 2.54. The largest absolute Gasteiger partial charge is 0.497 e. The summed E-state index contributed by atoms with van der Waals surface area (Å²) < 4.78 is 5.29. The zero-order valence-electron chi connectivity index (χ0n) is 14.1. The molecule has 2 atom stereocenters. The number of hydrogen-bond acceptors (Lipinski definition) is 2. The molecule has 0 aromatic heterocycles. The summed E-state index contributed by atoms with van der Waals surface area (Å²) in [6, 6.07) is 7.89. The first-order valence-corrected chi connectivity index (χ1v) is 8.54. The summed E-state index contributed by atoms with van der Waals surface area (Å²) >= 11 is 0. The van der Waals surface area contributed by atoms with Crippen LogP contribution in [0, 0.1) is 11.3 Å². The van der Waals surface area contributed by atoms with Gasteiger partial charge in [-0.15, -0.1) is 0 Å². The van der Waals surface area contributed by atoms with E-state index in [-0.39, 0.29) is 6.10 Å². The van der Waals surface area contributed by atoms with Gasteiger partial charge in [-0.1, -0.05) is 37.1 Å². The zero-order chi connectivity index (χ0) is 15.7. The molecular weight excluding hydrogens is 272 g/mol. The highest BCUT2D eigenvalue weighted by Crippen LogP contribution is 2.50. The Hall–Kier alpha value is -1.28. The molecule has 1 aromatic carbocycles. The summed E-state index contributed by atoms with van der Waals surface area (Å²) in [5.74, 6) is 1.16. The van der Waals surface area contributed by atoms with Crippen molar-refractivity contribution in [1.82, 2.24) is 0 Å². The van der Waals surface area contributed by atoms with E-state index in [9.17, 15) is 5.11 Å². The van der Waals surface area contributed by atoms with Crippen molar-refractivity contribution in [3.8, 4) is 5.75 Å². The van der Waals surface area contributed by atoms with Crippen LogP contribution in [0.15, 0.2) is 35.4 Å². The van der Waals surface area contributed by atoms with Gasteiger partial charge in [-0.3, -0.25) is 0 Å². The van der Waals surface area contributed by atoms with E-state index in [0.29, 0.717) is 11.3 Å². The lowest BCUT2D eigenvalue weighted by Crippen LogP contribution is -2.28. The van der Waals surface area contributed by atoms with E-state index in [1.54, 1.807) is 18.3 Å². The Balaban J connectivity index is 1.80. The SMILES string of the molecule is COc1cccc(C(O)C2CCC3=C(C2)C(C)(C)CCC3)c1. The Kier molecular flexibility index (Phi) is 4.31. The maximum Gasteiger partial charge on any atom is 0.119 e. The van der Waals surface area contributed by atoms with Gasteiger partial charge in [0.2, 0.25) is 0 Å². The van der Waals surface area contributed by atoms with Gasteiger partial charge in [0.1, 0.15) is 5.75 Å². The average molecular weight is 300 g/mol. The molecule has 2 unspecified atom stereocenters. The van der Waals surface area contributed by atoms with E-state index >= 15 is 0 Å². The fraction of sp³-hybridized carbons (Fsp3) is 0.600. The molecule has 2 aliphatic carbocycles. The fourth-order valence-corrected chi connectivity index (χ4v) is 4.31. The molecule has 0 spiro atoms. The van der Waals surface area contributed by atoms with Gasteiger partial charge < -0.3 is 9.84 Å². The second-order valence-electron chi connectivity index (χ2n) is 7.54. The van der Waals surface area contributed by atoms with Gasteiger partial charge in [-0.25, -0.2) is 0 Å². The quantitative estimate of drug-likeness (QED) is 0.793. The molecule has 0 fully saturated rings. The molecule has 0 saturated carbocycles. The van der Waals surface area contributed by atoms with Crippen molar-refractivity contribution in [3.63, 3.8) is 0 Å². The molecule has 0 amide bonds. The Bertz CT molecular complexity index is 571. The molecule has 0 radical (unpaired) electrons. The number of allylic oxidation sites excluding steroid dienone is 2. The number of aliphatic hydroxyl groups excluding tert-OH is 1. The van der Waals surface area contributed by atoms with Gasteiger partial charge >= 0.3 is 0 Å². The van der Waals surface area contributed by atoms with Gasteiger partial charge in [0, 0.05) is 0 Å². The predicted molar refractivity (Wildman–Crippen MR) is 90.0 cm³/mol. The molecule has 0 heterocycles. The van der Waals surface area contributed by atoms with E-state index in [1.807, 2.05) is 24.3 Å². The third-order valence-corrected chi connectivity index (χ3v) is 5.69. The molecule has 2 aliphatic rings. The smallest absolute Gasteiger partial charge is 0.119 e. The van der Waals surface area contributed by atoms with Gasteiger partial charge in [0.25, 0.3) is 0 Å². The maximum absolute atomic E-state index is 10.8. The monoisotopic (exact) mass is 300 g/mol. The first-order chi connectivity index (χ1) is 10.5. The summed E-state index contributed by atoms with van der Waals surface area (Å²) in [6.07, 6.45) is 6.84. The number of ether oxygens (including phenoxy) is 1. The Labute approximate surface area is 134 Å². The van der Waals surface area contributed by atoms with Crippen molar-refractivity contribution in [2.75, 3.05) is 7.11 Å². The van der Waals surface area contributed by atoms with Crippen molar-refractivity contribution in [3.05, 3.63) is 41.0 Å². The fourth-order valence-electron chi connectivity index (χ4n) is 4.31. The van der Waals surface area contributed by atoms with Crippen LogP contribution in [0.5, 0.6) is 5.75 Å². The van der Waals surface area contributed by atoms with E-state index in [0.717, 1.165) is 24.2 Å². The third kappa shape index (κ3) is 2.94. The Morgan fingerprint density at radius 3 is 2.86 bits per heavy atom. The third-order valence-electron chi connectivity index (χ3n) is 5.69. The number of hydrogen-bond donors (Lipinski definition) is 1. The van der Waals surface area contributed by atoms with E-state index in [1.165, 1.54) is 25.7 Å². The molecular formula is C20H28O2. The second-order valence-corrected chi connectivity index (χ2v) is 7.54. The molecule has 120 valence electrons. The van der Waals surface area contributed by atoms with Crippen LogP contribution >= 0.6 is 0 Å². The lowest BCUT2D eigenvalue weighted by Gasteiger charge is -2.41. The minimum absolute atomic E-state index is 0.320. The molecule has 0 saturated heterocycles. The normalized spacial score (nSPS) is 25.5. The van der Waals surface area contributed by atoms with Crippen LogP contribution in [0.25, 0.3) is 0 Å². The highest BCUT2D eigenvalue weighted by Gasteiger charge is 2.36. The summed E-state index contributed by atoms with van der Waals surface area (Å²) in [5, 5.41) is 10.8. The molecule has 22 heavy (non-hydrogen) atoms. The summed E-state index contributed by atoms with van der Waals surface area (Å²) in [4.78, 5) is 0. The minimum atomic E-state index is -0.387. The molecule has 0 aliphatic heterocycles. The first kappa shape index (κ1) is 15.6. The topological polar surface area (TPSA) is 29.5 Å². The number of rotatable bonds is 3. The highest BCUT2D eigenvalue weighted by atomic mass is 16.5. The number of benzene rings is 1. The van der Waals surface area contributed by atoms with Gasteiger partial charge in [0.15, 0.2) is 0 Å². The van der Waals surface area contributed by atoms with Crippen molar-refractivity contribution in [2.24, 2.45) is 11.3 Å². The second kappa shape index (κ2) is 6.08. The Morgan fingerprint density at radius 2 is 2.09 bits per heavy atom. The molecule has 1 aromatic rings. The molecule has 0 bridgehead atoms. The summed E-state index contributed by atoms with van der Waals surface area (Å²) in [7, 11) is 1.67. The van der Waals surface area contributed by atoms with Crippen LogP contribution in [0.3, 0.4) is 0 Å². The van der Waals surface area contributed by atoms with E-state index in [2.05, 4.69) is 13.8 Å². The van der Waals surface area contributed by atoms with Crippen LogP contribution in [0.1, 0.15) is 64.0 Å². The first-order valence-electron chi connectivity index (χ1n) is 8.54. The van der Waals surface area contributed by atoms with Crippen LogP contribution < -0.4 is 4.74 Å². The van der Waals surface area contributed by atoms with Crippen molar-refractivity contribution in [2.45, 2.75) is 58.5 Å². The van der Waals surface area contributed by atoms with Crippen molar-refractivity contribution < 1.29 is 9.84 Å². The van der Waals surface area contributed by atoms with Crippen molar-refractivity contribution in [1.29, 1.82) is 0 Å². The summed E-state index contributed by atoms with van der Waals surface area (Å²) in [5.41, 5.74) is 4.63. The lowest BCUT2D eigenvalue weighted by atomic mass is 9.64. The van der Waals surface area contributed by atoms with Gasteiger partial charge in [0.05, 0.1) is 13.2 Å². The molecule has 2 nitrogen and oxygen atoms in total. The van der Waals surface area contributed by atoms with E-state index in [4.69, 9.17) is 4.74 Å². The van der Waals surface area contributed by atoms with Crippen LogP contribution in [-0.2, 0) is 0 Å². The maximum atomic E-state index is 10.8. The molecule has 2 heteroatoms. The predicted octanol–water partition coefficient (Wildman–Crippen LogP) is 5.04. The lowest BCUT2D eigenvalue weighted by molar-refractivity contribution is 0.0926.